The minimum absolute atomic E-state index is 0.0314. The van der Waals surface area contributed by atoms with Gasteiger partial charge in [0.15, 0.2) is 0 Å². The summed E-state index contributed by atoms with van der Waals surface area (Å²) in [7, 11) is -8.86. The molecule has 0 heterocycles. The highest BCUT2D eigenvalue weighted by Crippen LogP contribution is 2.38. The lowest BCUT2D eigenvalue weighted by Crippen LogP contribution is -2.10. The Balaban J connectivity index is 1.52. The van der Waals surface area contributed by atoms with Crippen LogP contribution in [0.3, 0.4) is 0 Å². The maximum atomic E-state index is 12.5. The first-order valence-electron chi connectivity index (χ1n) is 15.2. The molecule has 0 aliphatic carbocycles. The lowest BCUT2D eigenvalue weighted by molar-refractivity contribution is 0.480. The van der Waals surface area contributed by atoms with E-state index in [9.17, 15) is 25.9 Å². The molecular weight excluding hydrogens is 633 g/mol. The average Bonchev–Trinajstić information content (AvgIpc) is 3.02. The van der Waals surface area contributed by atoms with Crippen LogP contribution >= 0.6 is 0 Å². The fraction of sp³-hybridized carbons (Fsp3) is 0.189. The molecule has 5 aromatic carbocycles. The highest BCUT2D eigenvalue weighted by atomic mass is 32.2. The van der Waals surface area contributed by atoms with Gasteiger partial charge in [0, 0.05) is 28.7 Å². The molecule has 4 N–H and O–H groups in total. The Hall–Kier alpha value is -4.48. The summed E-state index contributed by atoms with van der Waals surface area (Å²) >= 11 is 0. The maximum Gasteiger partial charge on any atom is 0.294 e. The molecule has 47 heavy (non-hydrogen) atoms. The lowest BCUT2D eigenvalue weighted by Gasteiger charge is -2.22. The molecule has 0 aliphatic rings. The van der Waals surface area contributed by atoms with Crippen LogP contribution in [-0.4, -0.2) is 25.9 Å². The Morgan fingerprint density at radius 2 is 0.979 bits per heavy atom. The van der Waals surface area contributed by atoms with E-state index in [-0.39, 0.29) is 15.7 Å². The van der Waals surface area contributed by atoms with Crippen molar-refractivity contribution in [2.45, 2.75) is 55.2 Å². The van der Waals surface area contributed by atoms with E-state index in [0.717, 1.165) is 28.2 Å². The van der Waals surface area contributed by atoms with Crippen molar-refractivity contribution in [3.63, 3.8) is 0 Å². The van der Waals surface area contributed by atoms with Gasteiger partial charge in [-0.3, -0.25) is 9.11 Å². The largest absolute Gasteiger partial charge is 0.355 e. The number of anilines is 4. The van der Waals surface area contributed by atoms with E-state index in [1.54, 1.807) is 24.3 Å². The summed E-state index contributed by atoms with van der Waals surface area (Å²) in [4.78, 5) is -0.339. The van der Waals surface area contributed by atoms with Crippen LogP contribution in [0.15, 0.2) is 125 Å². The number of rotatable bonds is 11. The lowest BCUT2D eigenvalue weighted by atomic mass is 9.85. The van der Waals surface area contributed by atoms with Crippen LogP contribution in [0.25, 0.3) is 0 Å². The minimum atomic E-state index is -4.52. The molecule has 0 bridgehead atoms. The van der Waals surface area contributed by atoms with Crippen molar-refractivity contribution in [3.05, 3.63) is 143 Å². The van der Waals surface area contributed by atoms with Crippen molar-refractivity contribution in [1.29, 1.82) is 0 Å². The van der Waals surface area contributed by atoms with Crippen LogP contribution in [0.5, 0.6) is 0 Å². The summed E-state index contributed by atoms with van der Waals surface area (Å²) in [6.45, 7) is 8.14. The molecule has 0 saturated heterocycles. The topological polar surface area (TPSA) is 133 Å². The van der Waals surface area contributed by atoms with Crippen molar-refractivity contribution in [2.75, 3.05) is 10.6 Å². The summed E-state index contributed by atoms with van der Waals surface area (Å²) in [5.74, 6) is -0.222. The smallest absolute Gasteiger partial charge is 0.294 e. The third-order valence-corrected chi connectivity index (χ3v) is 9.86. The second-order valence-corrected chi connectivity index (χ2v) is 14.9. The fourth-order valence-corrected chi connectivity index (χ4v) is 6.99. The second kappa shape index (κ2) is 13.7. The van der Waals surface area contributed by atoms with Crippen molar-refractivity contribution < 1.29 is 25.9 Å². The molecule has 0 amide bonds. The van der Waals surface area contributed by atoms with Crippen LogP contribution in [0.2, 0.25) is 0 Å². The first kappa shape index (κ1) is 33.9. The molecule has 244 valence electrons. The summed E-state index contributed by atoms with van der Waals surface area (Å²) in [5.41, 5.74) is 7.27. The normalized spacial score (nSPS) is 12.7. The minimum Gasteiger partial charge on any atom is -0.355 e. The van der Waals surface area contributed by atoms with Crippen LogP contribution in [0, 0.1) is 0 Å². The molecule has 0 fully saturated rings. The zero-order valence-corrected chi connectivity index (χ0v) is 28.2. The molecule has 0 spiro atoms. The van der Waals surface area contributed by atoms with Gasteiger partial charge in [-0.05, 0) is 94.3 Å². The van der Waals surface area contributed by atoms with Crippen molar-refractivity contribution in [3.8, 4) is 0 Å². The molecule has 0 radical (unpaired) electrons. The van der Waals surface area contributed by atoms with Crippen LogP contribution in [-0.2, 0) is 20.2 Å². The van der Waals surface area contributed by atoms with Gasteiger partial charge in [-0.1, -0.05) is 88.4 Å². The molecule has 5 aromatic rings. The Labute approximate surface area is 277 Å². The molecule has 0 aromatic heterocycles. The number of hydrogen-bond donors (Lipinski definition) is 4. The van der Waals surface area contributed by atoms with Crippen LogP contribution in [0.1, 0.15) is 73.3 Å². The fourth-order valence-electron chi connectivity index (χ4n) is 5.74. The van der Waals surface area contributed by atoms with E-state index in [2.05, 4.69) is 30.5 Å². The van der Waals surface area contributed by atoms with Gasteiger partial charge in [-0.15, -0.1) is 0 Å². The molecule has 1 unspecified atom stereocenters. The molecule has 0 aliphatic heterocycles. The summed E-state index contributed by atoms with van der Waals surface area (Å²) in [5, 5.41) is 6.83. The average molecular weight is 671 g/mol. The highest BCUT2D eigenvalue weighted by molar-refractivity contribution is 7.86. The molecule has 5 rings (SSSR count). The Morgan fingerprint density at radius 3 is 1.47 bits per heavy atom. The van der Waals surface area contributed by atoms with Gasteiger partial charge in [0.25, 0.3) is 20.2 Å². The van der Waals surface area contributed by atoms with Crippen molar-refractivity contribution >= 4 is 43.0 Å². The first-order chi connectivity index (χ1) is 22.2. The monoisotopic (exact) mass is 670 g/mol. The van der Waals surface area contributed by atoms with Gasteiger partial charge in [0.05, 0.1) is 9.79 Å². The summed E-state index contributed by atoms with van der Waals surface area (Å²) in [6.07, 6.45) is 0. The van der Waals surface area contributed by atoms with E-state index >= 15 is 0 Å². The predicted molar refractivity (Wildman–Crippen MR) is 188 cm³/mol. The third-order valence-electron chi connectivity index (χ3n) is 8.08. The Morgan fingerprint density at radius 1 is 0.511 bits per heavy atom. The number of hydrogen-bond acceptors (Lipinski definition) is 6. The first-order valence-corrected chi connectivity index (χ1v) is 18.1. The van der Waals surface area contributed by atoms with Crippen molar-refractivity contribution in [1.82, 2.24) is 0 Å². The van der Waals surface area contributed by atoms with Gasteiger partial charge in [0.2, 0.25) is 0 Å². The van der Waals surface area contributed by atoms with Gasteiger partial charge in [-0.2, -0.15) is 16.8 Å². The molecule has 10 heteroatoms. The number of nitrogens with one attached hydrogen (secondary N) is 2. The van der Waals surface area contributed by atoms with Gasteiger partial charge in [-0.25, -0.2) is 0 Å². The molecule has 0 saturated carbocycles. The van der Waals surface area contributed by atoms with E-state index < -0.39 is 26.2 Å². The number of benzene rings is 5. The summed E-state index contributed by atoms with van der Waals surface area (Å²) < 4.78 is 68.0. The van der Waals surface area contributed by atoms with E-state index in [1.807, 2.05) is 80.6 Å². The maximum absolute atomic E-state index is 12.5. The SMILES string of the molecule is CC(C)c1ccccc1Nc1ccc(C(c2ccc(Nc3ccc(S(=O)(=O)O)cc3C(C)C)cc2)c2ccccc2S(=O)(=O)O)cc1. The Bertz CT molecular complexity index is 2090. The molecular formula is C37H38N2O6S2. The quantitative estimate of drug-likeness (QED) is 0.0808. The summed E-state index contributed by atoms with van der Waals surface area (Å²) in [6, 6.07) is 34.3. The van der Waals surface area contributed by atoms with Crippen molar-refractivity contribution in [2.24, 2.45) is 0 Å². The highest BCUT2D eigenvalue weighted by Gasteiger charge is 2.25. The zero-order valence-electron chi connectivity index (χ0n) is 26.5. The standard InChI is InChI=1S/C37H38N2O6S2/c1-24(2)31-9-5-7-11-34(31)38-28-17-13-26(14-18-28)37(32-10-6-8-12-36(32)47(43,44)45)27-15-19-29(20-16-27)39-35-22-21-30(46(40,41)42)23-33(35)25(3)4/h5-25,37-39H,1-4H3,(H,40,41,42)(H,43,44,45). The van der Waals surface area contributed by atoms with Gasteiger partial charge < -0.3 is 10.6 Å². The van der Waals surface area contributed by atoms with Crippen LogP contribution < -0.4 is 10.6 Å². The van der Waals surface area contributed by atoms with Gasteiger partial charge in [0.1, 0.15) is 0 Å². The zero-order chi connectivity index (χ0) is 33.9. The predicted octanol–water partition coefficient (Wildman–Crippen LogP) is 9.09. The van der Waals surface area contributed by atoms with Gasteiger partial charge >= 0.3 is 0 Å². The Kier molecular flexibility index (Phi) is 9.88. The molecule has 1 atom stereocenters. The van der Waals surface area contributed by atoms with E-state index in [1.165, 1.54) is 23.8 Å². The molecule has 8 nitrogen and oxygen atoms in total. The van der Waals surface area contributed by atoms with E-state index in [0.29, 0.717) is 22.7 Å². The third kappa shape index (κ3) is 7.91. The van der Waals surface area contributed by atoms with E-state index in [4.69, 9.17) is 0 Å². The number of para-hydroxylation sites is 1. The second-order valence-electron chi connectivity index (χ2n) is 12.1. The van der Waals surface area contributed by atoms with Crippen LogP contribution in [0.4, 0.5) is 22.7 Å².